The SMILES string of the molecule is c1ccc(N(c2ccccc2)c2ccc3c(c2)c2ccccc2n3-c2ccc3c4ccccc4c4ccc(-n5c6ccccc6c6cc(N(c7ccccc7)c7ccccc7)ccc65)cc4c3c2)cc1. The summed E-state index contributed by atoms with van der Waals surface area (Å²) in [4.78, 5) is 4.69. The summed E-state index contributed by atoms with van der Waals surface area (Å²) in [5.74, 6) is 0. The van der Waals surface area contributed by atoms with Gasteiger partial charge in [-0.3, -0.25) is 0 Å². The van der Waals surface area contributed by atoms with Crippen molar-refractivity contribution in [2.75, 3.05) is 9.80 Å². The fourth-order valence-corrected chi connectivity index (χ4v) is 11.2. The van der Waals surface area contributed by atoms with Crippen molar-refractivity contribution in [1.29, 1.82) is 0 Å². The van der Waals surface area contributed by atoms with Crippen LogP contribution in [0.2, 0.25) is 0 Å². The van der Waals surface area contributed by atoms with E-state index in [-0.39, 0.29) is 0 Å². The minimum Gasteiger partial charge on any atom is -0.310 e. The summed E-state index contributed by atoms with van der Waals surface area (Å²) in [5.41, 5.74) is 13.6. The maximum atomic E-state index is 2.45. The molecule has 0 fully saturated rings. The molecule has 0 unspecified atom stereocenters. The van der Waals surface area contributed by atoms with Crippen LogP contribution >= 0.6 is 0 Å². The van der Waals surface area contributed by atoms with Crippen molar-refractivity contribution in [1.82, 2.24) is 9.13 Å². The van der Waals surface area contributed by atoms with E-state index in [1.807, 2.05) is 0 Å². The highest BCUT2D eigenvalue weighted by atomic mass is 15.1. The number of aromatic nitrogens is 2. The van der Waals surface area contributed by atoms with Gasteiger partial charge in [-0.05, 0) is 154 Å². The molecule has 0 spiro atoms. The monoisotopic (exact) mass is 892 g/mol. The van der Waals surface area contributed by atoms with Crippen molar-refractivity contribution in [3.05, 3.63) is 267 Å². The standard InChI is InChI=1S/C66H44N4/c1-5-19-45(20-6-1)67(46-21-7-2-8-22-46)49-35-39-65-61(43-49)57-29-15-17-31-63(57)69(65)51-33-37-55-53-27-13-14-28-54(53)56-38-34-52(42-60(56)59(55)41-51)70-64-32-18-16-30-58(64)62-44-50(36-40-66(62)70)68(47-23-9-3-10-24-47)48-25-11-4-12-26-48/h1-44H. The molecule has 328 valence electrons. The lowest BCUT2D eigenvalue weighted by Crippen LogP contribution is -2.09. The van der Waals surface area contributed by atoms with Crippen molar-refractivity contribution in [3.63, 3.8) is 0 Å². The van der Waals surface area contributed by atoms with Crippen LogP contribution in [0.4, 0.5) is 34.1 Å². The second kappa shape index (κ2) is 16.2. The molecular formula is C66H44N4. The zero-order valence-electron chi connectivity index (χ0n) is 38.2. The van der Waals surface area contributed by atoms with Gasteiger partial charge in [-0.2, -0.15) is 0 Å². The number of hydrogen-bond donors (Lipinski definition) is 0. The van der Waals surface area contributed by atoms with Crippen molar-refractivity contribution in [2.45, 2.75) is 0 Å². The van der Waals surface area contributed by atoms with Gasteiger partial charge in [-0.1, -0.05) is 146 Å². The Labute approximate surface area is 405 Å². The van der Waals surface area contributed by atoms with Crippen LogP contribution in [0.15, 0.2) is 267 Å². The van der Waals surface area contributed by atoms with E-state index >= 15 is 0 Å². The average molecular weight is 893 g/mol. The van der Waals surface area contributed by atoms with Crippen LogP contribution in [0.3, 0.4) is 0 Å². The van der Waals surface area contributed by atoms with Crippen LogP contribution in [0.1, 0.15) is 0 Å². The molecule has 14 rings (SSSR count). The molecule has 0 aliphatic carbocycles. The topological polar surface area (TPSA) is 16.3 Å². The molecule has 0 aliphatic heterocycles. The Balaban J connectivity index is 0.967. The molecule has 4 heteroatoms. The predicted octanol–water partition coefficient (Wildman–Crippen LogP) is 18.3. The van der Waals surface area contributed by atoms with Gasteiger partial charge in [0.25, 0.3) is 0 Å². The third kappa shape index (κ3) is 6.31. The molecule has 14 aromatic rings. The van der Waals surface area contributed by atoms with Crippen LogP contribution < -0.4 is 9.80 Å². The van der Waals surface area contributed by atoms with Gasteiger partial charge < -0.3 is 18.9 Å². The van der Waals surface area contributed by atoms with E-state index in [0.717, 1.165) is 45.5 Å². The Morgan fingerprint density at radius 3 is 0.857 bits per heavy atom. The van der Waals surface area contributed by atoms with Crippen LogP contribution in [0.5, 0.6) is 0 Å². The number of hydrogen-bond acceptors (Lipinski definition) is 2. The minimum atomic E-state index is 1.11. The van der Waals surface area contributed by atoms with Crippen molar-refractivity contribution < 1.29 is 0 Å². The van der Waals surface area contributed by atoms with E-state index < -0.39 is 0 Å². The molecule has 0 saturated heterocycles. The molecule has 4 nitrogen and oxygen atoms in total. The number of anilines is 6. The fourth-order valence-electron chi connectivity index (χ4n) is 11.2. The van der Waals surface area contributed by atoms with Gasteiger partial charge in [0.1, 0.15) is 0 Å². The quantitative estimate of drug-likeness (QED) is 0.141. The Morgan fingerprint density at radius 1 is 0.186 bits per heavy atom. The summed E-state index contributed by atoms with van der Waals surface area (Å²) in [7, 11) is 0. The second-order valence-corrected chi connectivity index (χ2v) is 18.1. The first-order valence-electron chi connectivity index (χ1n) is 24.0. The first-order chi connectivity index (χ1) is 34.7. The highest BCUT2D eigenvalue weighted by molar-refractivity contribution is 6.26. The van der Waals surface area contributed by atoms with Crippen LogP contribution in [-0.4, -0.2) is 9.13 Å². The largest absolute Gasteiger partial charge is 0.310 e. The van der Waals surface area contributed by atoms with Gasteiger partial charge >= 0.3 is 0 Å². The Kier molecular flexibility index (Phi) is 9.17. The van der Waals surface area contributed by atoms with Crippen molar-refractivity contribution in [2.24, 2.45) is 0 Å². The smallest absolute Gasteiger partial charge is 0.0542 e. The third-order valence-electron chi connectivity index (χ3n) is 14.2. The molecule has 2 aromatic heterocycles. The van der Waals surface area contributed by atoms with E-state index in [0.29, 0.717) is 0 Å². The van der Waals surface area contributed by atoms with E-state index in [4.69, 9.17) is 0 Å². The summed E-state index contributed by atoms with van der Waals surface area (Å²) < 4.78 is 4.90. The maximum Gasteiger partial charge on any atom is 0.0542 e. The molecule has 0 bridgehead atoms. The molecule has 2 heterocycles. The fraction of sp³-hybridized carbons (Fsp3) is 0. The van der Waals surface area contributed by atoms with E-state index in [9.17, 15) is 0 Å². The van der Waals surface area contributed by atoms with Gasteiger partial charge in [0.2, 0.25) is 0 Å². The van der Waals surface area contributed by atoms with Crippen molar-refractivity contribution in [3.8, 4) is 11.4 Å². The molecule has 70 heavy (non-hydrogen) atoms. The maximum absolute atomic E-state index is 2.45. The van der Waals surface area contributed by atoms with Gasteiger partial charge in [0, 0.05) is 67.0 Å². The van der Waals surface area contributed by atoms with Crippen molar-refractivity contribution >= 4 is 110 Å². The Hall–Kier alpha value is -9.38. The number of nitrogens with zero attached hydrogens (tertiary/aromatic N) is 4. The summed E-state index contributed by atoms with van der Waals surface area (Å²) in [5, 5.41) is 12.3. The van der Waals surface area contributed by atoms with Gasteiger partial charge in [0.05, 0.1) is 22.1 Å². The van der Waals surface area contributed by atoms with E-state index in [2.05, 4.69) is 286 Å². The zero-order chi connectivity index (χ0) is 46.1. The normalized spacial score (nSPS) is 11.7. The molecular weight excluding hydrogens is 849 g/mol. The molecule has 0 saturated carbocycles. The number of rotatable bonds is 8. The summed E-state index contributed by atoms with van der Waals surface area (Å²) >= 11 is 0. The number of benzene rings is 12. The summed E-state index contributed by atoms with van der Waals surface area (Å²) in [6, 6.07) is 97.2. The van der Waals surface area contributed by atoms with Crippen LogP contribution in [0, 0.1) is 0 Å². The second-order valence-electron chi connectivity index (χ2n) is 18.1. The lowest BCUT2D eigenvalue weighted by molar-refractivity contribution is 1.18. The number of fused-ring (bicyclic) bond motifs is 12. The molecule has 0 radical (unpaired) electrons. The van der Waals surface area contributed by atoms with Gasteiger partial charge in [-0.25, -0.2) is 0 Å². The predicted molar refractivity (Wildman–Crippen MR) is 297 cm³/mol. The lowest BCUT2D eigenvalue weighted by Gasteiger charge is -2.25. The molecule has 0 amide bonds. The Morgan fingerprint density at radius 2 is 0.486 bits per heavy atom. The van der Waals surface area contributed by atoms with Crippen LogP contribution in [-0.2, 0) is 0 Å². The third-order valence-corrected chi connectivity index (χ3v) is 14.2. The summed E-state index contributed by atoms with van der Waals surface area (Å²) in [6.07, 6.45) is 0. The highest BCUT2D eigenvalue weighted by Crippen LogP contribution is 2.44. The van der Waals surface area contributed by atoms with Gasteiger partial charge in [0.15, 0.2) is 0 Å². The first-order valence-corrected chi connectivity index (χ1v) is 24.0. The zero-order valence-corrected chi connectivity index (χ0v) is 38.2. The van der Waals surface area contributed by atoms with E-state index in [1.54, 1.807) is 0 Å². The minimum absolute atomic E-state index is 1.11. The first kappa shape index (κ1) is 39.8. The van der Waals surface area contributed by atoms with Gasteiger partial charge in [-0.15, -0.1) is 0 Å². The molecule has 0 aliphatic rings. The Bertz CT molecular complexity index is 3930. The lowest BCUT2D eigenvalue weighted by atomic mass is 9.93. The van der Waals surface area contributed by atoms with Crippen LogP contribution in [0.25, 0.3) is 87.3 Å². The molecule has 0 N–H and O–H groups in total. The average Bonchev–Trinajstić information content (AvgIpc) is 3.94. The molecule has 12 aromatic carbocycles. The van der Waals surface area contributed by atoms with E-state index in [1.165, 1.54) is 75.9 Å². The number of para-hydroxylation sites is 6. The highest BCUT2D eigenvalue weighted by Gasteiger charge is 2.21. The molecule has 0 atom stereocenters. The summed E-state index contributed by atoms with van der Waals surface area (Å²) in [6.45, 7) is 0.